The van der Waals surface area contributed by atoms with Gasteiger partial charge in [-0.3, -0.25) is 0 Å². The molecule has 1 aromatic carbocycles. The van der Waals surface area contributed by atoms with Crippen molar-refractivity contribution in [1.29, 1.82) is 0 Å². The van der Waals surface area contributed by atoms with Gasteiger partial charge in [-0.25, -0.2) is 17.6 Å². The van der Waals surface area contributed by atoms with Gasteiger partial charge in [0.15, 0.2) is 9.84 Å². The number of rotatable bonds is 4. The third-order valence-electron chi connectivity index (χ3n) is 2.83. The summed E-state index contributed by atoms with van der Waals surface area (Å²) in [5, 5.41) is 10.7. The van der Waals surface area contributed by atoms with Crippen molar-refractivity contribution in [2.45, 2.75) is 17.6 Å². The fourth-order valence-corrected chi connectivity index (χ4v) is 5.28. The number of aromatic carboxylic acids is 1. The lowest BCUT2D eigenvalue weighted by Crippen LogP contribution is -2.09. The van der Waals surface area contributed by atoms with Crippen molar-refractivity contribution in [2.24, 2.45) is 0 Å². The molecule has 112 valence electrons. The van der Waals surface area contributed by atoms with E-state index in [0.717, 1.165) is 12.1 Å². The molecule has 0 amide bonds. The molecule has 0 bridgehead atoms. The Hall–Kier alpha value is -1.25. The molecule has 1 N–H and O–H groups in total. The summed E-state index contributed by atoms with van der Waals surface area (Å²) in [5.74, 6) is -2.68. The minimum Gasteiger partial charge on any atom is -0.478 e. The van der Waals surface area contributed by atoms with Crippen LogP contribution >= 0.6 is 27.3 Å². The van der Waals surface area contributed by atoms with Crippen LogP contribution in [0.2, 0.25) is 0 Å². The Labute approximate surface area is 133 Å². The number of halogens is 2. The van der Waals surface area contributed by atoms with Crippen LogP contribution in [-0.2, 0) is 15.6 Å². The van der Waals surface area contributed by atoms with Crippen molar-refractivity contribution in [3.63, 3.8) is 0 Å². The van der Waals surface area contributed by atoms with Crippen molar-refractivity contribution in [1.82, 2.24) is 0 Å². The highest BCUT2D eigenvalue weighted by atomic mass is 79.9. The first kappa shape index (κ1) is 16.1. The van der Waals surface area contributed by atoms with E-state index in [1.165, 1.54) is 18.3 Å². The fraction of sp³-hybridized carbons (Fsp3) is 0.154. The summed E-state index contributed by atoms with van der Waals surface area (Å²) in [7, 11) is -3.75. The number of aryl methyl sites for hydroxylation is 1. The molecule has 2 aromatic rings. The van der Waals surface area contributed by atoms with E-state index in [2.05, 4.69) is 15.9 Å². The maximum absolute atomic E-state index is 13.7. The zero-order valence-corrected chi connectivity index (χ0v) is 14.0. The van der Waals surface area contributed by atoms with Crippen LogP contribution in [0, 0.1) is 12.7 Å². The predicted molar refractivity (Wildman–Crippen MR) is 81.0 cm³/mol. The molecule has 0 aliphatic heterocycles. The summed E-state index contributed by atoms with van der Waals surface area (Å²) in [4.78, 5) is 11.4. The molecule has 1 heterocycles. The highest BCUT2D eigenvalue weighted by Crippen LogP contribution is 2.28. The van der Waals surface area contributed by atoms with E-state index >= 15 is 0 Å². The number of thiophene rings is 1. The van der Waals surface area contributed by atoms with E-state index in [1.54, 1.807) is 11.4 Å². The van der Waals surface area contributed by atoms with E-state index in [-0.39, 0.29) is 16.2 Å². The third kappa shape index (κ3) is 3.33. The Morgan fingerprint density at radius 2 is 2.10 bits per heavy atom. The Balaban J connectivity index is 2.50. The van der Waals surface area contributed by atoms with Gasteiger partial charge in [-0.2, -0.15) is 0 Å². The normalized spacial score (nSPS) is 11.6. The van der Waals surface area contributed by atoms with Gasteiger partial charge in [-0.15, -0.1) is 11.3 Å². The predicted octanol–water partition coefficient (Wildman–Crippen LogP) is 3.63. The van der Waals surface area contributed by atoms with Crippen LogP contribution < -0.4 is 0 Å². The van der Waals surface area contributed by atoms with Crippen LogP contribution in [0.4, 0.5) is 4.39 Å². The van der Waals surface area contributed by atoms with Crippen LogP contribution in [0.5, 0.6) is 0 Å². The number of carboxylic acids is 1. The first-order valence-electron chi connectivity index (χ1n) is 5.70. The van der Waals surface area contributed by atoms with Gasteiger partial charge in [0.25, 0.3) is 0 Å². The molecule has 0 saturated carbocycles. The van der Waals surface area contributed by atoms with Gasteiger partial charge in [-0.1, -0.05) is 0 Å². The average Bonchev–Trinajstić information content (AvgIpc) is 2.77. The molecule has 0 atom stereocenters. The molecule has 0 radical (unpaired) electrons. The zero-order valence-electron chi connectivity index (χ0n) is 10.8. The van der Waals surface area contributed by atoms with Gasteiger partial charge >= 0.3 is 5.97 Å². The number of carboxylic acid groups (broad SMARTS) is 1. The lowest BCUT2D eigenvalue weighted by atomic mass is 10.1. The van der Waals surface area contributed by atoms with Crippen molar-refractivity contribution in [3.8, 4) is 0 Å². The molecule has 0 fully saturated rings. The maximum atomic E-state index is 13.7. The first-order valence-corrected chi connectivity index (χ1v) is 9.03. The molecule has 2 rings (SSSR count). The quantitative estimate of drug-likeness (QED) is 0.806. The second kappa shape index (κ2) is 5.86. The summed E-state index contributed by atoms with van der Waals surface area (Å²) in [5.41, 5.74) is -0.655. The van der Waals surface area contributed by atoms with E-state index in [4.69, 9.17) is 5.11 Å². The molecule has 0 unspecified atom stereocenters. The monoisotopic (exact) mass is 392 g/mol. The summed E-state index contributed by atoms with van der Waals surface area (Å²) >= 11 is 4.52. The molecular formula is C13H10BrFO4S2. The van der Waals surface area contributed by atoms with E-state index in [9.17, 15) is 17.6 Å². The molecule has 0 spiro atoms. The number of benzene rings is 1. The Morgan fingerprint density at radius 1 is 1.43 bits per heavy atom. The van der Waals surface area contributed by atoms with E-state index < -0.39 is 27.2 Å². The molecular weight excluding hydrogens is 383 g/mol. The average molecular weight is 393 g/mol. The molecule has 21 heavy (non-hydrogen) atoms. The smallest absolute Gasteiger partial charge is 0.338 e. The standard InChI is InChI=1S/C13H10BrFO4S2/c1-7-4-8(5-9(12(7)15)13(16)17)21(18,19)6-11-10(14)2-3-20-11/h2-5H,6H2,1H3,(H,16,17). The number of hydrogen-bond acceptors (Lipinski definition) is 4. The summed E-state index contributed by atoms with van der Waals surface area (Å²) < 4.78 is 39.1. The van der Waals surface area contributed by atoms with Gasteiger partial charge in [0.05, 0.1) is 16.2 Å². The first-order chi connectivity index (χ1) is 9.72. The summed E-state index contributed by atoms with van der Waals surface area (Å²) in [6, 6.07) is 3.74. The van der Waals surface area contributed by atoms with Gasteiger partial charge < -0.3 is 5.11 Å². The van der Waals surface area contributed by atoms with Crippen LogP contribution in [0.3, 0.4) is 0 Å². The van der Waals surface area contributed by atoms with Crippen molar-refractivity contribution in [3.05, 3.63) is 49.9 Å². The van der Waals surface area contributed by atoms with Crippen LogP contribution in [0.15, 0.2) is 32.9 Å². The molecule has 0 saturated heterocycles. The maximum Gasteiger partial charge on any atom is 0.338 e. The highest BCUT2D eigenvalue weighted by molar-refractivity contribution is 9.10. The number of hydrogen-bond donors (Lipinski definition) is 1. The molecule has 0 aliphatic rings. The second-order valence-electron chi connectivity index (χ2n) is 4.36. The fourth-order valence-electron chi connectivity index (χ4n) is 1.76. The lowest BCUT2D eigenvalue weighted by molar-refractivity contribution is 0.0691. The Morgan fingerprint density at radius 3 is 2.62 bits per heavy atom. The molecule has 8 heteroatoms. The van der Waals surface area contributed by atoms with E-state index in [1.807, 2.05) is 0 Å². The van der Waals surface area contributed by atoms with Crippen molar-refractivity contribution in [2.75, 3.05) is 0 Å². The summed E-state index contributed by atoms with van der Waals surface area (Å²) in [6.07, 6.45) is 0. The van der Waals surface area contributed by atoms with Gasteiger partial charge in [0, 0.05) is 9.35 Å². The van der Waals surface area contributed by atoms with Gasteiger partial charge in [0.1, 0.15) is 5.82 Å². The van der Waals surface area contributed by atoms with Crippen molar-refractivity contribution < 1.29 is 22.7 Å². The van der Waals surface area contributed by atoms with E-state index in [0.29, 0.717) is 9.35 Å². The molecule has 1 aromatic heterocycles. The Bertz CT molecular complexity index is 812. The van der Waals surface area contributed by atoms with Gasteiger partial charge in [-0.05, 0) is 52.0 Å². The Kier molecular flexibility index (Phi) is 4.50. The topological polar surface area (TPSA) is 71.4 Å². The van der Waals surface area contributed by atoms with Gasteiger partial charge in [0.2, 0.25) is 0 Å². The summed E-state index contributed by atoms with van der Waals surface area (Å²) in [6.45, 7) is 1.34. The number of carbonyl (C=O) groups is 1. The molecule has 0 aliphatic carbocycles. The van der Waals surface area contributed by atoms with Crippen LogP contribution in [0.25, 0.3) is 0 Å². The second-order valence-corrected chi connectivity index (χ2v) is 8.20. The lowest BCUT2D eigenvalue weighted by Gasteiger charge is -2.08. The SMILES string of the molecule is Cc1cc(S(=O)(=O)Cc2sccc2Br)cc(C(=O)O)c1F. The van der Waals surface area contributed by atoms with Crippen LogP contribution in [0.1, 0.15) is 20.8 Å². The minimum atomic E-state index is -3.75. The minimum absolute atomic E-state index is 0.0151. The van der Waals surface area contributed by atoms with Crippen molar-refractivity contribution >= 4 is 43.1 Å². The number of sulfone groups is 1. The zero-order chi connectivity index (χ0) is 15.8. The third-order valence-corrected chi connectivity index (χ3v) is 6.56. The highest BCUT2D eigenvalue weighted by Gasteiger charge is 2.23. The van der Waals surface area contributed by atoms with Crippen LogP contribution in [-0.4, -0.2) is 19.5 Å². The molecule has 4 nitrogen and oxygen atoms in total. The largest absolute Gasteiger partial charge is 0.478 e.